The number of aromatic nitrogens is 2. The van der Waals surface area contributed by atoms with E-state index in [2.05, 4.69) is 15.3 Å². The Morgan fingerprint density at radius 3 is 2.24 bits per heavy atom. The first kappa shape index (κ1) is 11.4. The highest BCUT2D eigenvalue weighted by Gasteiger charge is 2.22. The normalized spacial score (nSPS) is 16.0. The number of nitrogens with one attached hydrogen (secondary N) is 1. The van der Waals surface area contributed by atoms with Gasteiger partial charge in [0.1, 0.15) is 0 Å². The highest BCUT2D eigenvalue weighted by molar-refractivity contribution is 5.67. The molecule has 0 amide bonds. The molecule has 92 valence electrons. The van der Waals surface area contributed by atoms with E-state index in [1.165, 1.54) is 0 Å². The largest absolute Gasteiger partial charge is 0.378 e. The minimum atomic E-state index is -0.677. The SMILES string of the molecule is Nc1nc(NC2CCCC2)nc(N)c1[N+](=O)[O-]. The molecule has 1 saturated carbocycles. The summed E-state index contributed by atoms with van der Waals surface area (Å²) in [6.45, 7) is 0. The molecule has 1 aliphatic carbocycles. The smallest absolute Gasteiger partial charge is 0.352 e. The maximum atomic E-state index is 10.6. The van der Waals surface area contributed by atoms with E-state index in [9.17, 15) is 10.1 Å². The van der Waals surface area contributed by atoms with Gasteiger partial charge in [0.25, 0.3) is 0 Å². The Morgan fingerprint density at radius 2 is 1.76 bits per heavy atom. The molecule has 8 nitrogen and oxygen atoms in total. The number of nitrogen functional groups attached to an aromatic ring is 2. The van der Waals surface area contributed by atoms with Gasteiger partial charge in [0.05, 0.1) is 4.92 Å². The summed E-state index contributed by atoms with van der Waals surface area (Å²) in [5.41, 5.74) is 10.5. The molecule has 5 N–H and O–H groups in total. The van der Waals surface area contributed by atoms with E-state index in [4.69, 9.17) is 11.5 Å². The number of hydrogen-bond acceptors (Lipinski definition) is 7. The number of nitrogens with zero attached hydrogens (tertiary/aromatic N) is 3. The molecular weight excluding hydrogens is 224 g/mol. The van der Waals surface area contributed by atoms with Crippen LogP contribution in [0.25, 0.3) is 0 Å². The van der Waals surface area contributed by atoms with Crippen LogP contribution in [0.1, 0.15) is 25.7 Å². The molecule has 0 aromatic carbocycles. The van der Waals surface area contributed by atoms with E-state index in [0.717, 1.165) is 25.7 Å². The maximum absolute atomic E-state index is 10.6. The zero-order valence-corrected chi connectivity index (χ0v) is 9.22. The first-order valence-electron chi connectivity index (χ1n) is 5.42. The molecule has 8 heteroatoms. The Balaban J connectivity index is 2.22. The molecule has 0 aliphatic heterocycles. The van der Waals surface area contributed by atoms with Gasteiger partial charge in [0.15, 0.2) is 0 Å². The predicted molar refractivity (Wildman–Crippen MR) is 63.4 cm³/mol. The monoisotopic (exact) mass is 238 g/mol. The third-order valence-corrected chi connectivity index (χ3v) is 2.81. The first-order valence-corrected chi connectivity index (χ1v) is 5.42. The number of hydrogen-bond donors (Lipinski definition) is 3. The van der Waals surface area contributed by atoms with E-state index in [1.807, 2.05) is 0 Å². The average Bonchev–Trinajstić information content (AvgIpc) is 2.68. The Kier molecular flexibility index (Phi) is 2.94. The van der Waals surface area contributed by atoms with Crippen LogP contribution < -0.4 is 16.8 Å². The van der Waals surface area contributed by atoms with Crippen molar-refractivity contribution in [1.82, 2.24) is 9.97 Å². The summed E-state index contributed by atoms with van der Waals surface area (Å²) < 4.78 is 0. The van der Waals surface area contributed by atoms with Crippen LogP contribution in [0.2, 0.25) is 0 Å². The Morgan fingerprint density at radius 1 is 1.24 bits per heavy atom. The number of anilines is 3. The van der Waals surface area contributed by atoms with Crippen LogP contribution in [0.3, 0.4) is 0 Å². The molecule has 0 spiro atoms. The van der Waals surface area contributed by atoms with Crippen LogP contribution in [0.4, 0.5) is 23.3 Å². The van der Waals surface area contributed by atoms with Gasteiger partial charge >= 0.3 is 5.69 Å². The van der Waals surface area contributed by atoms with Crippen molar-refractivity contribution in [2.45, 2.75) is 31.7 Å². The fourth-order valence-electron chi connectivity index (χ4n) is 1.99. The zero-order chi connectivity index (χ0) is 12.4. The van der Waals surface area contributed by atoms with Gasteiger partial charge in [-0.25, -0.2) is 0 Å². The summed E-state index contributed by atoms with van der Waals surface area (Å²) >= 11 is 0. The summed E-state index contributed by atoms with van der Waals surface area (Å²) in [6, 6.07) is 0.301. The van der Waals surface area contributed by atoms with Crippen LogP contribution in [0.5, 0.6) is 0 Å². The van der Waals surface area contributed by atoms with E-state index in [1.54, 1.807) is 0 Å². The lowest BCUT2D eigenvalue weighted by Gasteiger charge is -2.12. The van der Waals surface area contributed by atoms with Gasteiger partial charge in [-0.1, -0.05) is 12.8 Å². The Labute approximate surface area is 97.6 Å². The van der Waals surface area contributed by atoms with E-state index in [0.29, 0.717) is 6.04 Å². The van der Waals surface area contributed by atoms with Crippen LogP contribution in [0.15, 0.2) is 0 Å². The van der Waals surface area contributed by atoms with Gasteiger partial charge in [0.2, 0.25) is 17.6 Å². The molecule has 1 heterocycles. The topological polar surface area (TPSA) is 133 Å². The molecule has 1 aromatic heterocycles. The van der Waals surface area contributed by atoms with Crippen molar-refractivity contribution in [3.63, 3.8) is 0 Å². The lowest BCUT2D eigenvalue weighted by atomic mass is 10.2. The van der Waals surface area contributed by atoms with E-state index in [-0.39, 0.29) is 17.6 Å². The Hall–Kier alpha value is -2.12. The van der Waals surface area contributed by atoms with Crippen molar-refractivity contribution >= 4 is 23.3 Å². The third-order valence-electron chi connectivity index (χ3n) is 2.81. The van der Waals surface area contributed by atoms with E-state index >= 15 is 0 Å². The molecule has 1 fully saturated rings. The fraction of sp³-hybridized carbons (Fsp3) is 0.556. The number of rotatable bonds is 3. The van der Waals surface area contributed by atoms with Gasteiger partial charge in [-0.15, -0.1) is 0 Å². The van der Waals surface area contributed by atoms with Crippen LogP contribution in [-0.2, 0) is 0 Å². The van der Waals surface area contributed by atoms with Crippen molar-refractivity contribution in [1.29, 1.82) is 0 Å². The molecule has 2 rings (SSSR count). The second-order valence-electron chi connectivity index (χ2n) is 4.05. The second kappa shape index (κ2) is 4.40. The lowest BCUT2D eigenvalue weighted by Crippen LogP contribution is -2.18. The molecule has 0 saturated heterocycles. The van der Waals surface area contributed by atoms with Gasteiger partial charge < -0.3 is 16.8 Å². The second-order valence-corrected chi connectivity index (χ2v) is 4.05. The van der Waals surface area contributed by atoms with Crippen molar-refractivity contribution in [2.75, 3.05) is 16.8 Å². The Bertz CT molecular complexity index is 420. The summed E-state index contributed by atoms with van der Waals surface area (Å²) in [6.07, 6.45) is 4.41. The summed E-state index contributed by atoms with van der Waals surface area (Å²) in [5, 5.41) is 13.7. The van der Waals surface area contributed by atoms with Crippen LogP contribution in [0, 0.1) is 10.1 Å². The quantitative estimate of drug-likeness (QED) is 0.526. The summed E-state index contributed by atoms with van der Waals surface area (Å²) in [4.78, 5) is 17.7. The number of nitro groups is 1. The molecule has 0 unspecified atom stereocenters. The molecule has 0 bridgehead atoms. The maximum Gasteiger partial charge on any atom is 0.352 e. The standard InChI is InChI=1S/C9H14N6O2/c10-7-6(15(16)17)8(11)14-9(13-7)12-5-3-1-2-4-5/h5H,1-4H2,(H5,10,11,12,13,14). The molecule has 0 atom stereocenters. The molecular formula is C9H14N6O2. The summed E-state index contributed by atoms with van der Waals surface area (Å²) in [7, 11) is 0. The zero-order valence-electron chi connectivity index (χ0n) is 9.22. The minimum Gasteiger partial charge on any atom is -0.378 e. The highest BCUT2D eigenvalue weighted by Crippen LogP contribution is 2.27. The van der Waals surface area contributed by atoms with Gasteiger partial charge in [-0.05, 0) is 12.8 Å². The lowest BCUT2D eigenvalue weighted by molar-refractivity contribution is -0.383. The highest BCUT2D eigenvalue weighted by atomic mass is 16.6. The van der Waals surface area contributed by atoms with Crippen LogP contribution in [-0.4, -0.2) is 20.9 Å². The molecule has 17 heavy (non-hydrogen) atoms. The summed E-state index contributed by atoms with van der Waals surface area (Å²) in [5.74, 6) is -0.150. The van der Waals surface area contributed by atoms with Crippen LogP contribution >= 0.6 is 0 Å². The van der Waals surface area contributed by atoms with Gasteiger partial charge in [0, 0.05) is 6.04 Å². The van der Waals surface area contributed by atoms with Crippen molar-refractivity contribution in [2.24, 2.45) is 0 Å². The molecule has 1 aromatic rings. The van der Waals surface area contributed by atoms with Crippen molar-refractivity contribution < 1.29 is 4.92 Å². The first-order chi connectivity index (χ1) is 8.08. The molecule has 0 radical (unpaired) electrons. The van der Waals surface area contributed by atoms with Gasteiger partial charge in [-0.3, -0.25) is 10.1 Å². The van der Waals surface area contributed by atoms with E-state index < -0.39 is 10.6 Å². The number of nitrogens with two attached hydrogens (primary N) is 2. The third kappa shape index (κ3) is 2.35. The van der Waals surface area contributed by atoms with Crippen molar-refractivity contribution in [3.8, 4) is 0 Å². The van der Waals surface area contributed by atoms with Crippen molar-refractivity contribution in [3.05, 3.63) is 10.1 Å². The fourth-order valence-corrected chi connectivity index (χ4v) is 1.99. The predicted octanol–water partition coefficient (Wildman–Crippen LogP) is 0.904. The molecule has 1 aliphatic rings. The van der Waals surface area contributed by atoms with Gasteiger partial charge in [-0.2, -0.15) is 9.97 Å². The minimum absolute atomic E-state index is 0.206. The average molecular weight is 238 g/mol.